The van der Waals surface area contributed by atoms with Crippen LogP contribution in [-0.4, -0.2) is 53.2 Å². The van der Waals surface area contributed by atoms with Gasteiger partial charge in [0.15, 0.2) is 6.10 Å². The first-order valence-electron chi connectivity index (χ1n) is 4.36. The minimum absolute atomic E-state index is 0.0149. The second kappa shape index (κ2) is 5.93. The third kappa shape index (κ3) is 6.99. The first-order valence-corrected chi connectivity index (χ1v) is 5.75. The molecule has 0 radical (unpaired) electrons. The predicted molar refractivity (Wildman–Crippen MR) is 53.9 cm³/mol. The van der Waals surface area contributed by atoms with Gasteiger partial charge >= 0.3 is 6.18 Å². The molecule has 15 heavy (non-hydrogen) atoms. The van der Waals surface area contributed by atoms with Crippen LogP contribution in [0.3, 0.4) is 0 Å². The molecule has 0 saturated carbocycles. The van der Waals surface area contributed by atoms with Gasteiger partial charge in [-0.15, -0.1) is 0 Å². The summed E-state index contributed by atoms with van der Waals surface area (Å²) in [5.41, 5.74) is -1.06. The van der Waals surface area contributed by atoms with Gasteiger partial charge in [0.25, 0.3) is 0 Å². The SMILES string of the molecule is CSCC(C)(O)CNCC(O)C(F)(F)F. The van der Waals surface area contributed by atoms with E-state index in [9.17, 15) is 18.3 Å². The van der Waals surface area contributed by atoms with Gasteiger partial charge in [0, 0.05) is 18.8 Å². The van der Waals surface area contributed by atoms with Crippen molar-refractivity contribution in [1.29, 1.82) is 0 Å². The number of alkyl halides is 3. The highest BCUT2D eigenvalue weighted by atomic mass is 32.2. The lowest BCUT2D eigenvalue weighted by Gasteiger charge is -2.24. The second-order valence-corrected chi connectivity index (χ2v) is 4.48. The van der Waals surface area contributed by atoms with E-state index >= 15 is 0 Å². The molecule has 0 fully saturated rings. The number of thioether (sulfide) groups is 1. The van der Waals surface area contributed by atoms with Crippen LogP contribution in [0.2, 0.25) is 0 Å². The Morgan fingerprint density at radius 1 is 1.40 bits per heavy atom. The summed E-state index contributed by atoms with van der Waals surface area (Å²) >= 11 is 1.40. The summed E-state index contributed by atoms with van der Waals surface area (Å²) in [4.78, 5) is 0. The lowest BCUT2D eigenvalue weighted by atomic mass is 10.1. The topological polar surface area (TPSA) is 52.5 Å². The molecule has 0 aromatic carbocycles. The summed E-state index contributed by atoms with van der Waals surface area (Å²) < 4.78 is 35.6. The molecule has 0 spiro atoms. The van der Waals surface area contributed by atoms with Crippen LogP contribution < -0.4 is 5.32 Å². The molecule has 3 nitrogen and oxygen atoms in total. The number of nitrogens with one attached hydrogen (secondary N) is 1. The van der Waals surface area contributed by atoms with Crippen molar-refractivity contribution in [2.75, 3.05) is 25.1 Å². The number of rotatable bonds is 6. The van der Waals surface area contributed by atoms with Gasteiger partial charge in [-0.2, -0.15) is 24.9 Å². The quantitative estimate of drug-likeness (QED) is 0.644. The van der Waals surface area contributed by atoms with E-state index in [0.29, 0.717) is 5.75 Å². The number of hydrogen-bond acceptors (Lipinski definition) is 4. The molecular weight excluding hydrogens is 231 g/mol. The lowest BCUT2D eigenvalue weighted by Crippen LogP contribution is -2.45. The average molecular weight is 247 g/mol. The summed E-state index contributed by atoms with van der Waals surface area (Å²) in [7, 11) is 0. The van der Waals surface area contributed by atoms with Gasteiger partial charge in [-0.3, -0.25) is 0 Å². The van der Waals surface area contributed by atoms with Crippen LogP contribution in [-0.2, 0) is 0 Å². The van der Waals surface area contributed by atoms with E-state index in [0.717, 1.165) is 0 Å². The standard InChI is InChI=1S/C8H16F3NO2S/c1-7(14,5-15-2)4-12-3-6(13)8(9,10)11/h6,12-14H,3-5H2,1-2H3. The van der Waals surface area contributed by atoms with Gasteiger partial charge < -0.3 is 15.5 Å². The van der Waals surface area contributed by atoms with Crippen LogP contribution in [0, 0.1) is 0 Å². The highest BCUT2D eigenvalue weighted by Gasteiger charge is 2.37. The monoisotopic (exact) mass is 247 g/mol. The first-order chi connectivity index (χ1) is 6.69. The minimum Gasteiger partial charge on any atom is -0.388 e. The zero-order valence-electron chi connectivity index (χ0n) is 8.64. The summed E-state index contributed by atoms with van der Waals surface area (Å²) in [5, 5.41) is 20.6. The zero-order valence-corrected chi connectivity index (χ0v) is 9.45. The Kier molecular flexibility index (Phi) is 5.94. The molecule has 2 unspecified atom stereocenters. The van der Waals surface area contributed by atoms with E-state index in [-0.39, 0.29) is 6.54 Å². The molecule has 0 aromatic heterocycles. The maximum absolute atomic E-state index is 11.9. The Labute approximate surface area is 91.1 Å². The Balaban J connectivity index is 3.79. The molecule has 0 aliphatic heterocycles. The Bertz CT molecular complexity index is 187. The Hall–Kier alpha value is 0.0200. The lowest BCUT2D eigenvalue weighted by molar-refractivity contribution is -0.202. The van der Waals surface area contributed by atoms with Crippen molar-refractivity contribution in [2.45, 2.75) is 24.8 Å². The van der Waals surface area contributed by atoms with Gasteiger partial charge in [0.1, 0.15) is 0 Å². The van der Waals surface area contributed by atoms with Gasteiger partial charge in [0.2, 0.25) is 0 Å². The van der Waals surface area contributed by atoms with Crippen LogP contribution in [0.4, 0.5) is 13.2 Å². The van der Waals surface area contributed by atoms with Gasteiger partial charge in [-0.1, -0.05) is 0 Å². The van der Waals surface area contributed by atoms with Crippen molar-refractivity contribution >= 4 is 11.8 Å². The minimum atomic E-state index is -4.61. The smallest absolute Gasteiger partial charge is 0.388 e. The molecule has 92 valence electrons. The van der Waals surface area contributed by atoms with Crippen molar-refractivity contribution in [3.05, 3.63) is 0 Å². The van der Waals surface area contributed by atoms with Crippen LogP contribution in [0.5, 0.6) is 0 Å². The fraction of sp³-hybridized carbons (Fsp3) is 1.00. The van der Waals surface area contributed by atoms with Crippen molar-refractivity contribution in [3.8, 4) is 0 Å². The number of hydrogen-bond donors (Lipinski definition) is 3. The van der Waals surface area contributed by atoms with Crippen molar-refractivity contribution in [3.63, 3.8) is 0 Å². The molecule has 0 aliphatic carbocycles. The van der Waals surface area contributed by atoms with E-state index < -0.39 is 24.4 Å². The van der Waals surface area contributed by atoms with E-state index in [1.54, 1.807) is 6.26 Å². The molecule has 0 aliphatic rings. The third-order valence-corrected chi connectivity index (χ3v) is 2.59. The van der Waals surface area contributed by atoms with Crippen molar-refractivity contribution in [1.82, 2.24) is 5.32 Å². The second-order valence-electron chi connectivity index (χ2n) is 3.62. The molecule has 2 atom stereocenters. The summed E-state index contributed by atoms with van der Waals surface area (Å²) in [5.74, 6) is 0.419. The van der Waals surface area contributed by atoms with E-state index in [4.69, 9.17) is 5.11 Å². The van der Waals surface area contributed by atoms with E-state index in [2.05, 4.69) is 5.32 Å². The fourth-order valence-electron chi connectivity index (χ4n) is 0.956. The normalized spacial score (nSPS) is 18.6. The molecule has 0 rings (SSSR count). The molecule has 0 heterocycles. The van der Waals surface area contributed by atoms with Crippen LogP contribution in [0.25, 0.3) is 0 Å². The van der Waals surface area contributed by atoms with Crippen LogP contribution in [0.15, 0.2) is 0 Å². The molecule has 0 bridgehead atoms. The van der Waals surface area contributed by atoms with E-state index in [1.165, 1.54) is 18.7 Å². The summed E-state index contributed by atoms with van der Waals surface area (Å²) in [6.07, 6.45) is -5.21. The van der Waals surface area contributed by atoms with Crippen molar-refractivity contribution < 1.29 is 23.4 Å². The summed E-state index contributed by atoms with van der Waals surface area (Å²) in [6.45, 7) is 0.936. The largest absolute Gasteiger partial charge is 0.415 e. The zero-order chi connectivity index (χ0) is 12.1. The molecular formula is C8H16F3NO2S. The molecule has 3 N–H and O–H groups in total. The summed E-state index contributed by atoms with van der Waals surface area (Å²) in [6, 6.07) is 0. The average Bonchev–Trinajstić information content (AvgIpc) is 2.01. The van der Waals surface area contributed by atoms with Gasteiger partial charge in [0.05, 0.1) is 5.60 Å². The fourth-order valence-corrected chi connectivity index (χ4v) is 1.68. The number of aliphatic hydroxyl groups excluding tert-OH is 1. The number of aliphatic hydroxyl groups is 2. The molecule has 0 aromatic rings. The highest BCUT2D eigenvalue weighted by molar-refractivity contribution is 7.98. The first kappa shape index (κ1) is 15.0. The Morgan fingerprint density at radius 2 is 1.93 bits per heavy atom. The predicted octanol–water partition coefficient (Wildman–Crippen LogP) is 0.613. The van der Waals surface area contributed by atoms with Crippen LogP contribution >= 0.6 is 11.8 Å². The maximum Gasteiger partial charge on any atom is 0.415 e. The van der Waals surface area contributed by atoms with Crippen molar-refractivity contribution in [2.24, 2.45) is 0 Å². The number of halogens is 3. The van der Waals surface area contributed by atoms with Crippen LogP contribution in [0.1, 0.15) is 6.92 Å². The maximum atomic E-state index is 11.9. The Morgan fingerprint density at radius 3 is 2.33 bits per heavy atom. The van der Waals surface area contributed by atoms with Gasteiger partial charge in [-0.05, 0) is 13.2 Å². The third-order valence-electron chi connectivity index (χ3n) is 1.68. The molecule has 7 heteroatoms. The molecule has 0 saturated heterocycles. The highest BCUT2D eigenvalue weighted by Crippen LogP contribution is 2.19. The van der Waals surface area contributed by atoms with E-state index in [1.807, 2.05) is 0 Å². The molecule has 0 amide bonds. The van der Waals surface area contributed by atoms with Gasteiger partial charge in [-0.25, -0.2) is 0 Å².